The summed E-state index contributed by atoms with van der Waals surface area (Å²) in [4.78, 5) is 13.1. The van der Waals surface area contributed by atoms with Gasteiger partial charge in [0.15, 0.2) is 0 Å². The van der Waals surface area contributed by atoms with Crippen LogP contribution < -0.4 is 9.47 Å². The Morgan fingerprint density at radius 2 is 1.21 bits per heavy atom. The third kappa shape index (κ3) is 4.77. The smallest absolute Gasteiger partial charge is 0.314 e. The van der Waals surface area contributed by atoms with Crippen molar-refractivity contribution in [3.05, 3.63) is 95.6 Å². The Bertz CT molecular complexity index is 854. The first-order valence-electron chi connectivity index (χ1n) is 9.67. The van der Waals surface area contributed by atoms with Crippen LogP contribution >= 0.6 is 0 Å². The molecular weight excluding hydrogens is 364 g/mol. The van der Waals surface area contributed by atoms with Gasteiger partial charge in [-0.05, 0) is 47.9 Å². The molecule has 0 fully saturated rings. The molecule has 1 unspecified atom stereocenters. The molecule has 0 aromatic heterocycles. The van der Waals surface area contributed by atoms with Crippen LogP contribution in [0.1, 0.15) is 35.4 Å². The molecule has 0 aliphatic heterocycles. The Hall–Kier alpha value is -3.27. The average Bonchev–Trinajstić information content (AvgIpc) is 2.78. The van der Waals surface area contributed by atoms with Crippen LogP contribution in [0.5, 0.6) is 11.5 Å². The standard InChI is InChI=1S/C25H26O4/c1-4-29-25(26)24(18-8-6-5-7-9-18)23(19-10-14-21(27-2)15-11-19)20-12-16-22(28-3)17-13-20/h5-17,23-24H,4H2,1-3H3. The average molecular weight is 390 g/mol. The number of hydrogen-bond acceptors (Lipinski definition) is 4. The predicted octanol–water partition coefficient (Wildman–Crippen LogP) is 5.18. The van der Waals surface area contributed by atoms with Crippen molar-refractivity contribution in [3.8, 4) is 11.5 Å². The first-order chi connectivity index (χ1) is 14.2. The van der Waals surface area contributed by atoms with Gasteiger partial charge in [-0.2, -0.15) is 0 Å². The van der Waals surface area contributed by atoms with E-state index in [2.05, 4.69) is 0 Å². The number of carbonyl (C=O) groups excluding carboxylic acids is 1. The van der Waals surface area contributed by atoms with Crippen LogP contribution in [0.25, 0.3) is 0 Å². The van der Waals surface area contributed by atoms with Crippen LogP contribution in [0.4, 0.5) is 0 Å². The second kappa shape index (κ2) is 9.78. The van der Waals surface area contributed by atoms with E-state index in [1.165, 1.54) is 0 Å². The molecule has 0 heterocycles. The summed E-state index contributed by atoms with van der Waals surface area (Å²) in [6.07, 6.45) is 0. The van der Waals surface area contributed by atoms with E-state index in [9.17, 15) is 4.79 Å². The molecule has 29 heavy (non-hydrogen) atoms. The third-order valence-corrected chi connectivity index (χ3v) is 4.98. The van der Waals surface area contributed by atoms with Gasteiger partial charge in [0.1, 0.15) is 11.5 Å². The van der Waals surface area contributed by atoms with Gasteiger partial charge in [-0.1, -0.05) is 54.6 Å². The van der Waals surface area contributed by atoms with Crippen molar-refractivity contribution in [1.82, 2.24) is 0 Å². The van der Waals surface area contributed by atoms with Crippen molar-refractivity contribution >= 4 is 5.97 Å². The lowest BCUT2D eigenvalue weighted by Gasteiger charge is -2.27. The maximum Gasteiger partial charge on any atom is 0.314 e. The summed E-state index contributed by atoms with van der Waals surface area (Å²) in [5.41, 5.74) is 2.94. The molecule has 0 N–H and O–H groups in total. The summed E-state index contributed by atoms with van der Waals surface area (Å²) in [5.74, 6) is 0.616. The zero-order valence-corrected chi connectivity index (χ0v) is 17.0. The molecule has 3 aromatic rings. The number of methoxy groups -OCH3 is 2. The number of rotatable bonds is 8. The Morgan fingerprint density at radius 3 is 1.62 bits per heavy atom. The van der Waals surface area contributed by atoms with Gasteiger partial charge in [-0.3, -0.25) is 4.79 Å². The van der Waals surface area contributed by atoms with Crippen molar-refractivity contribution in [2.24, 2.45) is 0 Å². The van der Waals surface area contributed by atoms with Gasteiger partial charge in [0.05, 0.1) is 26.7 Å². The Labute approximate surface area is 172 Å². The first kappa shape index (κ1) is 20.5. The molecule has 150 valence electrons. The molecule has 3 aromatic carbocycles. The molecule has 0 spiro atoms. The number of esters is 1. The van der Waals surface area contributed by atoms with Crippen LogP contribution in [0, 0.1) is 0 Å². The zero-order valence-electron chi connectivity index (χ0n) is 17.0. The summed E-state index contributed by atoms with van der Waals surface area (Å²) in [5, 5.41) is 0. The molecule has 4 nitrogen and oxygen atoms in total. The molecule has 0 aliphatic rings. The molecular formula is C25H26O4. The van der Waals surface area contributed by atoms with E-state index in [-0.39, 0.29) is 11.9 Å². The fourth-order valence-corrected chi connectivity index (χ4v) is 3.56. The molecule has 3 rings (SSSR count). The van der Waals surface area contributed by atoms with Crippen molar-refractivity contribution in [1.29, 1.82) is 0 Å². The van der Waals surface area contributed by atoms with Crippen molar-refractivity contribution < 1.29 is 19.0 Å². The molecule has 0 amide bonds. The SMILES string of the molecule is CCOC(=O)C(c1ccccc1)C(c1ccc(OC)cc1)c1ccc(OC)cc1. The lowest BCUT2D eigenvalue weighted by atomic mass is 9.77. The highest BCUT2D eigenvalue weighted by Crippen LogP contribution is 2.40. The summed E-state index contributed by atoms with van der Waals surface area (Å²) in [6, 6.07) is 25.5. The van der Waals surface area contributed by atoms with Crippen molar-refractivity contribution in [2.45, 2.75) is 18.8 Å². The molecule has 0 saturated heterocycles. The summed E-state index contributed by atoms with van der Waals surface area (Å²) >= 11 is 0. The van der Waals surface area contributed by atoms with Gasteiger partial charge < -0.3 is 14.2 Å². The summed E-state index contributed by atoms with van der Waals surface area (Å²) < 4.78 is 16.1. The van der Waals surface area contributed by atoms with Crippen LogP contribution in [0.15, 0.2) is 78.9 Å². The zero-order chi connectivity index (χ0) is 20.6. The molecule has 0 saturated carbocycles. The first-order valence-corrected chi connectivity index (χ1v) is 9.67. The fraction of sp³-hybridized carbons (Fsp3) is 0.240. The van der Waals surface area contributed by atoms with Gasteiger partial charge in [0.2, 0.25) is 0 Å². The normalized spacial score (nSPS) is 11.7. The predicted molar refractivity (Wildman–Crippen MR) is 114 cm³/mol. The van der Waals surface area contributed by atoms with Crippen LogP contribution in [-0.4, -0.2) is 26.8 Å². The molecule has 1 atom stereocenters. The molecule has 0 aliphatic carbocycles. The van der Waals surface area contributed by atoms with Gasteiger partial charge in [-0.15, -0.1) is 0 Å². The van der Waals surface area contributed by atoms with Gasteiger partial charge >= 0.3 is 5.97 Å². The summed E-state index contributed by atoms with van der Waals surface area (Å²) in [7, 11) is 3.28. The summed E-state index contributed by atoms with van der Waals surface area (Å²) in [6.45, 7) is 2.16. The second-order valence-electron chi connectivity index (χ2n) is 6.66. The molecule has 0 bridgehead atoms. The number of hydrogen-bond donors (Lipinski definition) is 0. The Kier molecular flexibility index (Phi) is 6.90. The fourth-order valence-electron chi connectivity index (χ4n) is 3.56. The topological polar surface area (TPSA) is 44.8 Å². The second-order valence-corrected chi connectivity index (χ2v) is 6.66. The van der Waals surface area contributed by atoms with Crippen molar-refractivity contribution in [2.75, 3.05) is 20.8 Å². The lowest BCUT2D eigenvalue weighted by Crippen LogP contribution is -2.24. The molecule has 0 radical (unpaired) electrons. The highest BCUT2D eigenvalue weighted by molar-refractivity contribution is 5.80. The van der Waals surface area contributed by atoms with Crippen LogP contribution in [-0.2, 0) is 9.53 Å². The van der Waals surface area contributed by atoms with Crippen LogP contribution in [0.3, 0.4) is 0 Å². The minimum absolute atomic E-state index is 0.215. The minimum atomic E-state index is -0.474. The third-order valence-electron chi connectivity index (χ3n) is 4.98. The number of benzene rings is 3. The molecule has 4 heteroatoms. The number of ether oxygens (including phenoxy) is 3. The Morgan fingerprint density at radius 1 is 0.724 bits per heavy atom. The van der Waals surface area contributed by atoms with Crippen molar-refractivity contribution in [3.63, 3.8) is 0 Å². The van der Waals surface area contributed by atoms with E-state index in [1.54, 1.807) is 14.2 Å². The largest absolute Gasteiger partial charge is 0.497 e. The highest BCUT2D eigenvalue weighted by Gasteiger charge is 2.33. The van der Waals surface area contributed by atoms with Gasteiger partial charge in [0, 0.05) is 5.92 Å². The highest BCUT2D eigenvalue weighted by atomic mass is 16.5. The maximum atomic E-state index is 13.1. The minimum Gasteiger partial charge on any atom is -0.497 e. The van der Waals surface area contributed by atoms with Gasteiger partial charge in [0.25, 0.3) is 0 Å². The van der Waals surface area contributed by atoms with Crippen LogP contribution in [0.2, 0.25) is 0 Å². The van der Waals surface area contributed by atoms with Gasteiger partial charge in [-0.25, -0.2) is 0 Å². The number of carbonyl (C=O) groups is 1. The Balaban J connectivity index is 2.14. The lowest BCUT2D eigenvalue weighted by molar-refractivity contribution is -0.145. The monoisotopic (exact) mass is 390 g/mol. The van der Waals surface area contributed by atoms with E-state index >= 15 is 0 Å². The van der Waals surface area contributed by atoms with E-state index in [4.69, 9.17) is 14.2 Å². The van der Waals surface area contributed by atoms with E-state index in [0.29, 0.717) is 6.61 Å². The maximum absolute atomic E-state index is 13.1. The van der Waals surface area contributed by atoms with E-state index in [1.807, 2.05) is 85.8 Å². The quantitative estimate of drug-likeness (QED) is 0.497. The van der Waals surface area contributed by atoms with E-state index in [0.717, 1.165) is 28.2 Å². The van der Waals surface area contributed by atoms with E-state index < -0.39 is 5.92 Å².